The Bertz CT molecular complexity index is 688. The van der Waals surface area contributed by atoms with Crippen molar-refractivity contribution in [2.24, 2.45) is 0 Å². The molecule has 1 aromatic heterocycles. The van der Waals surface area contributed by atoms with E-state index in [0.29, 0.717) is 30.2 Å². The van der Waals surface area contributed by atoms with E-state index in [9.17, 15) is 4.79 Å². The Morgan fingerprint density at radius 3 is 2.74 bits per heavy atom. The Morgan fingerprint density at radius 2 is 2.04 bits per heavy atom. The minimum absolute atomic E-state index is 0.0264. The van der Waals surface area contributed by atoms with Crippen LogP contribution in [-0.4, -0.2) is 30.0 Å². The molecule has 0 fully saturated rings. The van der Waals surface area contributed by atoms with E-state index < -0.39 is 0 Å². The fraction of sp³-hybridized carbons (Fsp3) is 0.353. The Hall–Kier alpha value is -2.14. The summed E-state index contributed by atoms with van der Waals surface area (Å²) in [6.45, 7) is 2.25. The third kappa shape index (κ3) is 5.53. The molecule has 0 bridgehead atoms. The number of aromatic nitrogens is 2. The average molecular weight is 333 g/mol. The number of hydrogen-bond acceptors (Lipinski definition) is 4. The molecule has 0 aliphatic carbocycles. The summed E-state index contributed by atoms with van der Waals surface area (Å²) in [6, 6.07) is 9.46. The number of benzene rings is 1. The van der Waals surface area contributed by atoms with Crippen molar-refractivity contribution in [3.63, 3.8) is 0 Å². The summed E-state index contributed by atoms with van der Waals surface area (Å²) < 4.78 is 0. The van der Waals surface area contributed by atoms with Gasteiger partial charge in [-0.3, -0.25) is 4.79 Å². The van der Waals surface area contributed by atoms with Gasteiger partial charge in [0.2, 0.25) is 5.91 Å². The largest absolute Gasteiger partial charge is 0.363 e. The number of halogens is 1. The van der Waals surface area contributed by atoms with Crippen molar-refractivity contribution in [1.29, 1.82) is 0 Å². The van der Waals surface area contributed by atoms with Gasteiger partial charge in [-0.05, 0) is 31.0 Å². The Kier molecular flexibility index (Phi) is 5.93. The lowest BCUT2D eigenvalue weighted by atomic mass is 10.1. The Balaban J connectivity index is 1.87. The van der Waals surface area contributed by atoms with Crippen LogP contribution in [0.5, 0.6) is 0 Å². The van der Waals surface area contributed by atoms with Crippen molar-refractivity contribution in [3.05, 3.63) is 52.4 Å². The zero-order chi connectivity index (χ0) is 16.8. The standard InChI is InChI=1S/C17H21ClN4O/c1-12-9-16(22(2)3)21-15(20-12)11-19-17(23)8-7-13-5-4-6-14(18)10-13/h4-6,9-10H,7-8,11H2,1-3H3,(H,19,23). The number of amides is 1. The smallest absolute Gasteiger partial charge is 0.220 e. The highest BCUT2D eigenvalue weighted by Crippen LogP contribution is 2.12. The molecule has 0 unspecified atom stereocenters. The third-order valence-corrected chi connectivity index (χ3v) is 3.55. The summed E-state index contributed by atoms with van der Waals surface area (Å²) in [4.78, 5) is 22.6. The Labute approximate surface area is 141 Å². The highest BCUT2D eigenvalue weighted by molar-refractivity contribution is 6.30. The van der Waals surface area contributed by atoms with Crippen LogP contribution in [0.2, 0.25) is 5.02 Å². The molecule has 0 spiro atoms. The van der Waals surface area contributed by atoms with E-state index in [1.54, 1.807) is 0 Å². The number of carbonyl (C=O) groups is 1. The van der Waals surface area contributed by atoms with Crippen molar-refractivity contribution in [2.45, 2.75) is 26.3 Å². The van der Waals surface area contributed by atoms with Gasteiger partial charge >= 0.3 is 0 Å². The molecule has 0 saturated carbocycles. The maximum absolute atomic E-state index is 12.0. The summed E-state index contributed by atoms with van der Waals surface area (Å²) in [6.07, 6.45) is 1.07. The molecule has 0 saturated heterocycles. The first kappa shape index (κ1) is 17.2. The molecule has 2 aromatic rings. The van der Waals surface area contributed by atoms with E-state index in [0.717, 1.165) is 17.1 Å². The van der Waals surface area contributed by atoms with E-state index in [2.05, 4.69) is 15.3 Å². The van der Waals surface area contributed by atoms with E-state index >= 15 is 0 Å². The molecular formula is C17H21ClN4O. The van der Waals surface area contributed by atoms with Crippen molar-refractivity contribution in [2.75, 3.05) is 19.0 Å². The van der Waals surface area contributed by atoms with Gasteiger partial charge in [-0.1, -0.05) is 23.7 Å². The van der Waals surface area contributed by atoms with Gasteiger partial charge in [-0.15, -0.1) is 0 Å². The number of nitrogens with one attached hydrogen (secondary N) is 1. The molecule has 1 aromatic carbocycles. The lowest BCUT2D eigenvalue weighted by molar-refractivity contribution is -0.121. The van der Waals surface area contributed by atoms with Crippen LogP contribution in [0.15, 0.2) is 30.3 Å². The van der Waals surface area contributed by atoms with Crippen LogP contribution in [0.4, 0.5) is 5.82 Å². The number of carbonyl (C=O) groups excluding carboxylic acids is 1. The second-order valence-electron chi connectivity index (χ2n) is 5.58. The predicted molar refractivity (Wildman–Crippen MR) is 92.7 cm³/mol. The number of aryl methyl sites for hydroxylation is 2. The Morgan fingerprint density at radius 1 is 1.26 bits per heavy atom. The summed E-state index contributed by atoms with van der Waals surface area (Å²) in [5.41, 5.74) is 1.93. The average Bonchev–Trinajstić information content (AvgIpc) is 2.50. The molecule has 6 heteroatoms. The second-order valence-corrected chi connectivity index (χ2v) is 6.02. The predicted octanol–water partition coefficient (Wildman–Crippen LogP) is 2.75. The molecule has 0 aliphatic rings. The van der Waals surface area contributed by atoms with Gasteiger partial charge in [0, 0.05) is 37.3 Å². The molecule has 0 aliphatic heterocycles. The molecule has 0 atom stereocenters. The van der Waals surface area contributed by atoms with Crippen molar-refractivity contribution in [3.8, 4) is 0 Å². The van der Waals surface area contributed by atoms with Crippen molar-refractivity contribution in [1.82, 2.24) is 15.3 Å². The zero-order valence-corrected chi connectivity index (χ0v) is 14.4. The zero-order valence-electron chi connectivity index (χ0n) is 13.6. The summed E-state index contributed by atoms with van der Waals surface area (Å²) in [5.74, 6) is 1.42. The summed E-state index contributed by atoms with van der Waals surface area (Å²) >= 11 is 5.94. The molecule has 5 nitrogen and oxygen atoms in total. The van der Waals surface area contributed by atoms with Gasteiger partial charge in [0.15, 0.2) is 0 Å². The monoisotopic (exact) mass is 332 g/mol. The molecule has 1 heterocycles. The van der Waals surface area contributed by atoms with Gasteiger partial charge in [0.05, 0.1) is 6.54 Å². The van der Waals surface area contributed by atoms with Crippen LogP contribution in [0.25, 0.3) is 0 Å². The molecule has 0 radical (unpaired) electrons. The van der Waals surface area contributed by atoms with Crippen molar-refractivity contribution >= 4 is 23.3 Å². The van der Waals surface area contributed by atoms with Crippen LogP contribution in [-0.2, 0) is 17.8 Å². The molecule has 122 valence electrons. The van der Waals surface area contributed by atoms with Gasteiger partial charge in [0.1, 0.15) is 11.6 Å². The van der Waals surface area contributed by atoms with Crippen molar-refractivity contribution < 1.29 is 4.79 Å². The minimum Gasteiger partial charge on any atom is -0.363 e. The normalized spacial score (nSPS) is 10.4. The van der Waals surface area contributed by atoms with Crippen LogP contribution >= 0.6 is 11.6 Å². The number of hydrogen-bond donors (Lipinski definition) is 1. The maximum Gasteiger partial charge on any atom is 0.220 e. The van der Waals surface area contributed by atoms with Gasteiger partial charge in [-0.2, -0.15) is 0 Å². The van der Waals surface area contributed by atoms with Gasteiger partial charge in [-0.25, -0.2) is 9.97 Å². The lowest BCUT2D eigenvalue weighted by Gasteiger charge is -2.13. The maximum atomic E-state index is 12.0. The number of rotatable bonds is 6. The fourth-order valence-corrected chi connectivity index (χ4v) is 2.35. The van der Waals surface area contributed by atoms with Crippen LogP contribution in [0, 0.1) is 6.92 Å². The molecule has 23 heavy (non-hydrogen) atoms. The first-order chi connectivity index (χ1) is 10.9. The van der Waals surface area contributed by atoms with E-state index in [-0.39, 0.29) is 5.91 Å². The second kappa shape index (κ2) is 7.92. The summed E-state index contributed by atoms with van der Waals surface area (Å²) in [5, 5.41) is 3.55. The third-order valence-electron chi connectivity index (χ3n) is 3.32. The SMILES string of the molecule is Cc1cc(N(C)C)nc(CNC(=O)CCc2cccc(Cl)c2)n1. The quantitative estimate of drug-likeness (QED) is 0.883. The topological polar surface area (TPSA) is 58.1 Å². The van der Waals surface area contributed by atoms with E-state index in [4.69, 9.17) is 11.6 Å². The van der Waals surface area contributed by atoms with Gasteiger partial charge in [0.25, 0.3) is 0 Å². The molecule has 2 rings (SSSR count). The molecule has 1 N–H and O–H groups in total. The first-order valence-corrected chi connectivity index (χ1v) is 7.85. The highest BCUT2D eigenvalue weighted by Gasteiger charge is 2.07. The first-order valence-electron chi connectivity index (χ1n) is 7.47. The minimum atomic E-state index is -0.0264. The molecule has 1 amide bonds. The lowest BCUT2D eigenvalue weighted by Crippen LogP contribution is -2.25. The number of nitrogens with zero attached hydrogens (tertiary/aromatic N) is 3. The number of anilines is 1. The summed E-state index contributed by atoms with van der Waals surface area (Å²) in [7, 11) is 3.85. The highest BCUT2D eigenvalue weighted by atomic mass is 35.5. The van der Waals surface area contributed by atoms with E-state index in [1.807, 2.05) is 56.3 Å². The molecular weight excluding hydrogens is 312 g/mol. The van der Waals surface area contributed by atoms with Crippen LogP contribution in [0.3, 0.4) is 0 Å². The van der Waals surface area contributed by atoms with Crippen LogP contribution < -0.4 is 10.2 Å². The fourth-order valence-electron chi connectivity index (χ4n) is 2.14. The van der Waals surface area contributed by atoms with Gasteiger partial charge < -0.3 is 10.2 Å². The van der Waals surface area contributed by atoms with Crippen LogP contribution in [0.1, 0.15) is 23.5 Å². The van der Waals surface area contributed by atoms with E-state index in [1.165, 1.54) is 0 Å².